The number of carbonyl (C=O) groups is 1. The third-order valence-electron chi connectivity index (χ3n) is 4.57. The molecule has 1 atom stereocenters. The van der Waals surface area contributed by atoms with Crippen molar-refractivity contribution in [2.24, 2.45) is 0 Å². The van der Waals surface area contributed by atoms with Gasteiger partial charge in [0.15, 0.2) is 0 Å². The zero-order valence-electron chi connectivity index (χ0n) is 13.2. The summed E-state index contributed by atoms with van der Waals surface area (Å²) in [5.74, 6) is 0.697. The van der Waals surface area contributed by atoms with E-state index in [0.29, 0.717) is 11.3 Å². The maximum absolute atomic E-state index is 12.8. The van der Waals surface area contributed by atoms with Crippen LogP contribution in [0.2, 0.25) is 0 Å². The molecule has 0 bridgehead atoms. The molecule has 4 rings (SSSR count). The first-order valence-electron chi connectivity index (χ1n) is 7.85. The third kappa shape index (κ3) is 2.10. The van der Waals surface area contributed by atoms with E-state index in [1.54, 1.807) is 18.3 Å². The Labute approximate surface area is 136 Å². The molecular formula is C16H18N4O2S. The Hall–Kier alpha value is -2.15. The fraction of sp³-hybridized carbons (Fsp3) is 0.438. The SMILES string of the molecule is Cc1nn(C(C)C(=O)N2CCCC2)c(=O)c2cc3sccc3n12. The molecule has 0 radical (unpaired) electrons. The van der Waals surface area contributed by atoms with Crippen LogP contribution in [0.5, 0.6) is 0 Å². The number of hydrogen-bond donors (Lipinski definition) is 0. The lowest BCUT2D eigenvalue weighted by Crippen LogP contribution is -2.39. The van der Waals surface area contributed by atoms with Crippen LogP contribution in [-0.2, 0) is 4.79 Å². The first-order chi connectivity index (χ1) is 11.1. The predicted octanol–water partition coefficient (Wildman–Crippen LogP) is 2.20. The third-order valence-corrected chi connectivity index (χ3v) is 5.42. The number of amides is 1. The van der Waals surface area contributed by atoms with E-state index in [2.05, 4.69) is 5.10 Å². The van der Waals surface area contributed by atoms with Crippen molar-refractivity contribution in [2.75, 3.05) is 13.1 Å². The van der Waals surface area contributed by atoms with E-state index in [9.17, 15) is 9.59 Å². The molecular weight excluding hydrogens is 312 g/mol. The minimum atomic E-state index is -0.572. The fourth-order valence-corrected chi connectivity index (χ4v) is 4.17. The van der Waals surface area contributed by atoms with Gasteiger partial charge in [0.2, 0.25) is 5.91 Å². The van der Waals surface area contributed by atoms with Crippen molar-refractivity contribution in [3.05, 3.63) is 33.7 Å². The zero-order valence-corrected chi connectivity index (χ0v) is 14.0. The van der Waals surface area contributed by atoms with Gasteiger partial charge in [0.1, 0.15) is 17.4 Å². The van der Waals surface area contributed by atoms with Gasteiger partial charge >= 0.3 is 0 Å². The van der Waals surface area contributed by atoms with Crippen LogP contribution in [-0.4, -0.2) is 38.1 Å². The van der Waals surface area contributed by atoms with Gasteiger partial charge in [-0.15, -0.1) is 11.3 Å². The van der Waals surface area contributed by atoms with Crippen molar-refractivity contribution >= 4 is 33.0 Å². The minimum absolute atomic E-state index is 0.0192. The molecule has 3 aromatic heterocycles. The van der Waals surface area contributed by atoms with E-state index in [1.807, 2.05) is 33.7 Å². The van der Waals surface area contributed by atoms with Crippen LogP contribution < -0.4 is 5.56 Å². The summed E-state index contributed by atoms with van der Waals surface area (Å²) < 4.78 is 4.27. The molecule has 1 saturated heterocycles. The summed E-state index contributed by atoms with van der Waals surface area (Å²) in [5.41, 5.74) is 1.37. The van der Waals surface area contributed by atoms with Crippen LogP contribution in [0.4, 0.5) is 0 Å². The van der Waals surface area contributed by atoms with E-state index in [1.165, 1.54) is 4.68 Å². The predicted molar refractivity (Wildman–Crippen MR) is 90.1 cm³/mol. The van der Waals surface area contributed by atoms with Crippen LogP contribution >= 0.6 is 11.3 Å². The highest BCUT2D eigenvalue weighted by atomic mass is 32.1. The number of fused-ring (bicyclic) bond motifs is 3. The summed E-state index contributed by atoms with van der Waals surface area (Å²) in [6.07, 6.45) is 2.07. The highest BCUT2D eigenvalue weighted by Gasteiger charge is 2.27. The van der Waals surface area contributed by atoms with Gasteiger partial charge in [-0.1, -0.05) is 0 Å². The average Bonchev–Trinajstić information content (AvgIpc) is 3.24. The Balaban J connectivity index is 1.85. The number of thiophene rings is 1. The van der Waals surface area contributed by atoms with Crippen LogP contribution in [0.3, 0.4) is 0 Å². The lowest BCUT2D eigenvalue weighted by atomic mass is 10.3. The van der Waals surface area contributed by atoms with Gasteiger partial charge < -0.3 is 4.90 Å². The van der Waals surface area contributed by atoms with Crippen molar-refractivity contribution in [3.63, 3.8) is 0 Å². The van der Waals surface area contributed by atoms with Gasteiger partial charge in [0, 0.05) is 13.1 Å². The van der Waals surface area contributed by atoms with E-state index in [4.69, 9.17) is 0 Å². The second-order valence-corrected chi connectivity index (χ2v) is 6.99. The molecule has 7 heteroatoms. The van der Waals surface area contributed by atoms with E-state index in [-0.39, 0.29) is 11.5 Å². The van der Waals surface area contributed by atoms with Crippen LogP contribution in [0.15, 0.2) is 22.3 Å². The highest BCUT2D eigenvalue weighted by molar-refractivity contribution is 7.17. The van der Waals surface area contributed by atoms with Crippen molar-refractivity contribution in [3.8, 4) is 0 Å². The average molecular weight is 330 g/mol. The van der Waals surface area contributed by atoms with Crippen LogP contribution in [0, 0.1) is 6.92 Å². The van der Waals surface area contributed by atoms with Crippen molar-refractivity contribution in [1.82, 2.24) is 19.1 Å². The normalized spacial score (nSPS) is 16.5. The molecule has 120 valence electrons. The minimum Gasteiger partial charge on any atom is -0.341 e. The second-order valence-electron chi connectivity index (χ2n) is 6.04. The van der Waals surface area contributed by atoms with Gasteiger partial charge in [-0.2, -0.15) is 5.10 Å². The molecule has 0 N–H and O–H groups in total. The Morgan fingerprint density at radius 3 is 2.78 bits per heavy atom. The lowest BCUT2D eigenvalue weighted by Gasteiger charge is -2.21. The number of likely N-dealkylation sites (tertiary alicyclic amines) is 1. The smallest absolute Gasteiger partial charge is 0.291 e. The van der Waals surface area contributed by atoms with Gasteiger partial charge in [-0.25, -0.2) is 4.68 Å². The van der Waals surface area contributed by atoms with E-state index >= 15 is 0 Å². The second kappa shape index (κ2) is 5.19. The van der Waals surface area contributed by atoms with Crippen molar-refractivity contribution in [1.29, 1.82) is 0 Å². The summed E-state index contributed by atoms with van der Waals surface area (Å²) in [4.78, 5) is 27.2. The van der Waals surface area contributed by atoms with Crippen LogP contribution in [0.1, 0.15) is 31.6 Å². The molecule has 0 aromatic carbocycles. The highest BCUT2D eigenvalue weighted by Crippen LogP contribution is 2.25. The first-order valence-corrected chi connectivity index (χ1v) is 8.73. The van der Waals surface area contributed by atoms with E-state index in [0.717, 1.165) is 36.1 Å². The zero-order chi connectivity index (χ0) is 16.1. The van der Waals surface area contributed by atoms with Crippen LogP contribution in [0.25, 0.3) is 15.7 Å². The molecule has 0 spiro atoms. The molecule has 1 amide bonds. The first kappa shape index (κ1) is 14.4. The lowest BCUT2D eigenvalue weighted by molar-refractivity contribution is -0.133. The fourth-order valence-electron chi connectivity index (χ4n) is 3.36. The summed E-state index contributed by atoms with van der Waals surface area (Å²) in [6, 6.07) is 3.31. The van der Waals surface area contributed by atoms with Crippen molar-refractivity contribution in [2.45, 2.75) is 32.7 Å². The molecule has 0 saturated carbocycles. The number of aryl methyl sites for hydroxylation is 1. The Bertz CT molecular complexity index is 962. The summed E-state index contributed by atoms with van der Waals surface area (Å²) >= 11 is 1.60. The summed E-state index contributed by atoms with van der Waals surface area (Å²) in [7, 11) is 0. The number of hydrogen-bond acceptors (Lipinski definition) is 4. The maximum Gasteiger partial charge on any atom is 0.291 e. The Kier molecular flexibility index (Phi) is 3.26. The molecule has 6 nitrogen and oxygen atoms in total. The molecule has 1 aliphatic rings. The largest absolute Gasteiger partial charge is 0.341 e. The summed E-state index contributed by atoms with van der Waals surface area (Å²) in [5, 5.41) is 6.42. The number of nitrogens with zero attached hydrogens (tertiary/aromatic N) is 4. The number of rotatable bonds is 2. The maximum atomic E-state index is 12.8. The molecule has 4 heterocycles. The van der Waals surface area contributed by atoms with Gasteiger partial charge in [-0.05, 0) is 44.2 Å². The molecule has 1 aliphatic heterocycles. The quantitative estimate of drug-likeness (QED) is 0.724. The number of carbonyl (C=O) groups excluding carboxylic acids is 1. The Morgan fingerprint density at radius 2 is 2.04 bits per heavy atom. The Morgan fingerprint density at radius 1 is 1.30 bits per heavy atom. The molecule has 3 aromatic rings. The topological polar surface area (TPSA) is 59.6 Å². The monoisotopic (exact) mass is 330 g/mol. The molecule has 23 heavy (non-hydrogen) atoms. The molecule has 1 fully saturated rings. The van der Waals surface area contributed by atoms with Gasteiger partial charge in [-0.3, -0.25) is 14.0 Å². The molecule has 1 unspecified atom stereocenters. The molecule has 0 aliphatic carbocycles. The van der Waals surface area contributed by atoms with Gasteiger partial charge in [0.25, 0.3) is 5.56 Å². The van der Waals surface area contributed by atoms with Gasteiger partial charge in [0.05, 0.1) is 10.2 Å². The summed E-state index contributed by atoms with van der Waals surface area (Å²) in [6.45, 7) is 5.18. The number of aromatic nitrogens is 3. The van der Waals surface area contributed by atoms with Crippen molar-refractivity contribution < 1.29 is 4.79 Å². The van der Waals surface area contributed by atoms with E-state index < -0.39 is 6.04 Å². The standard InChI is InChI=1S/C16H18N4O2S/c1-10(15(21)18-6-3-4-7-18)20-16(22)13-9-14-12(5-8-23-14)19(13)11(2)17-20/h5,8-10H,3-4,6-7H2,1-2H3.